The van der Waals surface area contributed by atoms with E-state index in [9.17, 15) is 14.7 Å². The van der Waals surface area contributed by atoms with Gasteiger partial charge in [0.25, 0.3) is 5.91 Å². The highest BCUT2D eigenvalue weighted by Gasteiger charge is 2.35. The molecule has 0 spiro atoms. The molecule has 2 aliphatic heterocycles. The van der Waals surface area contributed by atoms with Crippen molar-refractivity contribution < 1.29 is 24.2 Å². The van der Waals surface area contributed by atoms with Gasteiger partial charge in [-0.25, -0.2) is 0 Å². The van der Waals surface area contributed by atoms with E-state index in [1.807, 2.05) is 32.0 Å². The molecule has 1 N–H and O–H groups in total. The number of rotatable bonds is 6. The van der Waals surface area contributed by atoms with Crippen LogP contribution in [0.25, 0.3) is 0 Å². The van der Waals surface area contributed by atoms with Crippen molar-refractivity contribution in [1.29, 1.82) is 0 Å². The Balaban J connectivity index is 1.27. The number of piperazine rings is 1. The molecule has 3 heterocycles. The molecule has 1 aromatic carbocycles. The van der Waals surface area contributed by atoms with Gasteiger partial charge < -0.3 is 19.5 Å². The Morgan fingerprint density at radius 3 is 2.72 bits per heavy atom. The number of aromatic hydroxyl groups is 1. The molecule has 0 saturated carbocycles. The van der Waals surface area contributed by atoms with Crippen molar-refractivity contribution in [3.63, 3.8) is 0 Å². The van der Waals surface area contributed by atoms with Crippen molar-refractivity contribution in [3.8, 4) is 17.2 Å². The van der Waals surface area contributed by atoms with Gasteiger partial charge in [0.1, 0.15) is 28.4 Å². The van der Waals surface area contributed by atoms with Crippen LogP contribution in [-0.4, -0.2) is 76.5 Å². The zero-order valence-corrected chi connectivity index (χ0v) is 18.5. The summed E-state index contributed by atoms with van der Waals surface area (Å²) in [6.07, 6.45) is 2.89. The second-order valence-electron chi connectivity index (χ2n) is 8.86. The minimum Gasteiger partial charge on any atom is -0.507 e. The Morgan fingerprint density at radius 2 is 2.00 bits per heavy atom. The summed E-state index contributed by atoms with van der Waals surface area (Å²) in [6.45, 7) is 7.32. The van der Waals surface area contributed by atoms with Gasteiger partial charge in [0.05, 0.1) is 6.42 Å². The number of pyridine rings is 1. The van der Waals surface area contributed by atoms with E-state index < -0.39 is 5.60 Å². The van der Waals surface area contributed by atoms with Gasteiger partial charge in [-0.2, -0.15) is 0 Å². The molecule has 0 atom stereocenters. The fourth-order valence-corrected chi connectivity index (χ4v) is 4.10. The third-order valence-electron chi connectivity index (χ3n) is 5.80. The van der Waals surface area contributed by atoms with Crippen molar-refractivity contribution in [2.45, 2.75) is 32.3 Å². The number of ether oxygens (including phenoxy) is 2. The maximum absolute atomic E-state index is 12.6. The average Bonchev–Trinajstić information content (AvgIpc) is 2.75. The van der Waals surface area contributed by atoms with E-state index in [0.29, 0.717) is 18.8 Å². The number of nitrogens with zero attached hydrogens (tertiary/aromatic N) is 3. The quantitative estimate of drug-likeness (QED) is 0.738. The van der Waals surface area contributed by atoms with Gasteiger partial charge in [0.15, 0.2) is 12.4 Å². The van der Waals surface area contributed by atoms with E-state index in [4.69, 9.17) is 9.47 Å². The summed E-state index contributed by atoms with van der Waals surface area (Å²) in [4.78, 5) is 33.4. The predicted molar refractivity (Wildman–Crippen MR) is 118 cm³/mol. The number of benzene rings is 1. The van der Waals surface area contributed by atoms with Crippen LogP contribution in [0.1, 0.15) is 36.3 Å². The van der Waals surface area contributed by atoms with E-state index in [1.54, 1.807) is 17.2 Å². The molecular weight excluding hydrogens is 410 g/mol. The van der Waals surface area contributed by atoms with Crippen LogP contribution in [0.2, 0.25) is 0 Å². The molecule has 1 saturated heterocycles. The number of hydrogen-bond donors (Lipinski definition) is 1. The summed E-state index contributed by atoms with van der Waals surface area (Å²) >= 11 is 0. The van der Waals surface area contributed by atoms with Gasteiger partial charge in [0, 0.05) is 63.2 Å². The Hall–Kier alpha value is -3.13. The first-order chi connectivity index (χ1) is 15.3. The normalized spacial score (nSPS) is 18.1. The Kier molecular flexibility index (Phi) is 6.32. The van der Waals surface area contributed by atoms with Gasteiger partial charge in [-0.1, -0.05) is 6.07 Å². The third-order valence-corrected chi connectivity index (χ3v) is 5.80. The van der Waals surface area contributed by atoms with Gasteiger partial charge in [0.2, 0.25) is 0 Å². The summed E-state index contributed by atoms with van der Waals surface area (Å²) in [7, 11) is 0. The fraction of sp³-hybridized carbons (Fsp3) is 0.458. The standard InChI is InChI=1S/C24H29N3O5/c1-24(2)15-20(29)23-19(28)13-18(14-21(23)32-24)31-16-22(30)27-11-9-26(10-12-27)8-6-17-5-3-4-7-25-17/h3-5,7,13-14,28H,6,8-12,15-16H2,1-2H3. The van der Waals surface area contributed by atoms with Crippen molar-refractivity contribution in [2.75, 3.05) is 39.3 Å². The molecule has 0 aliphatic carbocycles. The summed E-state index contributed by atoms with van der Waals surface area (Å²) in [6, 6.07) is 8.86. The highest BCUT2D eigenvalue weighted by atomic mass is 16.5. The Morgan fingerprint density at radius 1 is 1.22 bits per heavy atom. The number of phenolic OH excluding ortho intramolecular Hbond substituents is 1. The number of ketones is 1. The topological polar surface area (TPSA) is 92.2 Å². The third kappa shape index (κ3) is 5.19. The maximum atomic E-state index is 12.6. The smallest absolute Gasteiger partial charge is 0.260 e. The number of Topliss-reactive ketones (excluding diaryl/α,β-unsaturated/α-hetero) is 1. The molecule has 32 heavy (non-hydrogen) atoms. The second-order valence-corrected chi connectivity index (χ2v) is 8.86. The molecule has 1 fully saturated rings. The van der Waals surface area contributed by atoms with Gasteiger partial charge >= 0.3 is 0 Å². The van der Waals surface area contributed by atoms with Crippen molar-refractivity contribution >= 4 is 11.7 Å². The van der Waals surface area contributed by atoms with Crippen LogP contribution in [0, 0.1) is 0 Å². The van der Waals surface area contributed by atoms with E-state index in [0.717, 1.165) is 31.7 Å². The van der Waals surface area contributed by atoms with E-state index in [-0.39, 0.29) is 41.8 Å². The molecule has 2 aliphatic rings. The first-order valence-electron chi connectivity index (χ1n) is 10.9. The summed E-state index contributed by atoms with van der Waals surface area (Å²) in [5.74, 6) is 0.123. The first kappa shape index (κ1) is 22.1. The molecule has 1 aromatic heterocycles. The first-order valence-corrected chi connectivity index (χ1v) is 10.9. The molecule has 170 valence electrons. The number of carbonyl (C=O) groups excluding carboxylic acids is 2. The molecule has 1 amide bonds. The van der Waals surface area contributed by atoms with E-state index >= 15 is 0 Å². The van der Waals surface area contributed by atoms with Crippen LogP contribution >= 0.6 is 0 Å². The largest absolute Gasteiger partial charge is 0.507 e. The van der Waals surface area contributed by atoms with E-state index in [2.05, 4.69) is 9.88 Å². The molecule has 2 aromatic rings. The van der Waals surface area contributed by atoms with Gasteiger partial charge in [-0.3, -0.25) is 19.5 Å². The average molecular weight is 440 g/mol. The molecule has 0 bridgehead atoms. The second kappa shape index (κ2) is 9.16. The van der Waals surface area contributed by atoms with Crippen molar-refractivity contribution in [1.82, 2.24) is 14.8 Å². The number of phenols is 1. The van der Waals surface area contributed by atoms with Crippen LogP contribution < -0.4 is 9.47 Å². The number of hydrogen-bond acceptors (Lipinski definition) is 7. The van der Waals surface area contributed by atoms with Crippen LogP contribution in [-0.2, 0) is 11.2 Å². The van der Waals surface area contributed by atoms with Crippen LogP contribution in [0.15, 0.2) is 36.5 Å². The summed E-state index contributed by atoms with van der Waals surface area (Å²) < 4.78 is 11.5. The Labute approximate surface area is 187 Å². The molecule has 8 nitrogen and oxygen atoms in total. The lowest BCUT2D eigenvalue weighted by Gasteiger charge is -2.34. The van der Waals surface area contributed by atoms with Crippen molar-refractivity contribution in [3.05, 3.63) is 47.8 Å². The summed E-state index contributed by atoms with van der Waals surface area (Å²) in [5.41, 5.74) is 0.591. The van der Waals surface area contributed by atoms with Gasteiger partial charge in [-0.05, 0) is 26.0 Å². The predicted octanol–water partition coefficient (Wildman–Crippen LogP) is 2.30. The monoisotopic (exact) mass is 439 g/mol. The van der Waals surface area contributed by atoms with Crippen LogP contribution in [0.4, 0.5) is 0 Å². The molecule has 4 rings (SSSR count). The summed E-state index contributed by atoms with van der Waals surface area (Å²) in [5, 5.41) is 10.3. The number of carbonyl (C=O) groups is 2. The molecule has 0 unspecified atom stereocenters. The Bertz CT molecular complexity index is 985. The minimum atomic E-state index is -0.652. The SMILES string of the molecule is CC1(C)CC(=O)c2c(O)cc(OCC(=O)N3CCN(CCc4ccccn4)CC3)cc2O1. The minimum absolute atomic E-state index is 0.107. The molecule has 0 radical (unpaired) electrons. The highest BCUT2D eigenvalue weighted by Crippen LogP contribution is 2.40. The number of amides is 1. The number of fused-ring (bicyclic) bond motifs is 1. The van der Waals surface area contributed by atoms with Crippen LogP contribution in [0.5, 0.6) is 17.2 Å². The maximum Gasteiger partial charge on any atom is 0.260 e. The van der Waals surface area contributed by atoms with Gasteiger partial charge in [-0.15, -0.1) is 0 Å². The van der Waals surface area contributed by atoms with Crippen molar-refractivity contribution in [2.24, 2.45) is 0 Å². The number of aromatic nitrogens is 1. The zero-order valence-electron chi connectivity index (χ0n) is 18.5. The van der Waals surface area contributed by atoms with Crippen LogP contribution in [0.3, 0.4) is 0 Å². The fourth-order valence-electron chi connectivity index (χ4n) is 4.10. The molecule has 8 heteroatoms. The highest BCUT2D eigenvalue weighted by molar-refractivity contribution is 6.03. The lowest BCUT2D eigenvalue weighted by Crippen LogP contribution is -2.50. The lowest BCUT2D eigenvalue weighted by atomic mass is 9.92. The zero-order chi connectivity index (χ0) is 22.7. The van der Waals surface area contributed by atoms with E-state index in [1.165, 1.54) is 6.07 Å². The molecular formula is C24H29N3O5. The lowest BCUT2D eigenvalue weighted by molar-refractivity contribution is -0.135.